The Morgan fingerprint density at radius 3 is 2.12 bits per heavy atom. The molecule has 1 heterocycles. The van der Waals surface area contributed by atoms with Gasteiger partial charge in [0.25, 0.3) is 0 Å². The zero-order valence-electron chi connectivity index (χ0n) is 4.63. The van der Waals surface area contributed by atoms with Gasteiger partial charge in [-0.25, -0.2) is 0 Å². The number of allylic oxidation sites excluding steroid dienone is 2. The van der Waals surface area contributed by atoms with Crippen LogP contribution in [0, 0.1) is 0 Å². The van der Waals surface area contributed by atoms with Gasteiger partial charge in [0.15, 0.2) is 0 Å². The molecule has 0 radical (unpaired) electrons. The molecule has 0 saturated heterocycles. The van der Waals surface area contributed by atoms with Crippen molar-refractivity contribution in [2.45, 2.75) is 13.8 Å². The van der Waals surface area contributed by atoms with Crippen LogP contribution in [0.3, 0.4) is 0 Å². The van der Waals surface area contributed by atoms with Crippen LogP contribution in [0.2, 0.25) is 0 Å². The van der Waals surface area contributed by atoms with E-state index in [0.717, 1.165) is 0 Å². The third kappa shape index (κ3) is 1.92. The summed E-state index contributed by atoms with van der Waals surface area (Å²) in [5.74, 6) is 0. The van der Waals surface area contributed by atoms with Gasteiger partial charge in [-0.15, -0.1) is 0 Å². The van der Waals surface area contributed by atoms with E-state index in [-0.39, 0.29) is 16.5 Å². The minimum absolute atomic E-state index is 0. The molecule has 0 aliphatic carbocycles. The summed E-state index contributed by atoms with van der Waals surface area (Å²) in [5, 5.41) is 0. The Kier molecular flexibility index (Phi) is 4.04. The first-order valence-corrected chi connectivity index (χ1v) is 4.22. The van der Waals surface area contributed by atoms with E-state index >= 15 is 0 Å². The molecule has 1 aliphatic heterocycles. The van der Waals surface area contributed by atoms with Crippen molar-refractivity contribution in [3.8, 4) is 0 Å². The summed E-state index contributed by atoms with van der Waals surface area (Å²) in [4.78, 5) is 1.39. The van der Waals surface area contributed by atoms with Crippen LogP contribution in [0.1, 0.15) is 13.8 Å². The number of nitrogens with one attached hydrogen (secondary N) is 1. The molecule has 1 aliphatic rings. The second-order valence-corrected chi connectivity index (χ2v) is 3.60. The molecule has 8 heavy (non-hydrogen) atoms. The van der Waals surface area contributed by atoms with E-state index in [2.05, 4.69) is 18.6 Å². The van der Waals surface area contributed by atoms with Crippen LogP contribution in [0.25, 0.3) is 0 Å². The van der Waals surface area contributed by atoms with Crippen molar-refractivity contribution in [2.24, 2.45) is 0 Å². The summed E-state index contributed by atoms with van der Waals surface area (Å²) in [7, 11) is 3.47. The Labute approximate surface area is 67.5 Å². The maximum Gasteiger partial charge on any atom is 0.0289 e. The Morgan fingerprint density at radius 2 is 2.00 bits per heavy atom. The minimum atomic E-state index is 0. The fourth-order valence-electron chi connectivity index (χ4n) is 0.280. The summed E-state index contributed by atoms with van der Waals surface area (Å²) in [5.41, 5.74) is 1.30. The second-order valence-electron chi connectivity index (χ2n) is 1.45. The molecule has 0 bridgehead atoms. The molecule has 0 saturated carbocycles. The topological polar surface area (TPSA) is 12.0 Å². The molecule has 0 atom stereocenters. The van der Waals surface area contributed by atoms with Gasteiger partial charge in [-0.2, -0.15) is 0 Å². The smallest absolute Gasteiger partial charge is 0.0289 e. The molecule has 1 nitrogen and oxygen atoms in total. The summed E-state index contributed by atoms with van der Waals surface area (Å²) in [6.07, 6.45) is 0. The predicted octanol–water partition coefficient (Wildman–Crippen LogP) is 2.13. The molecule has 0 spiro atoms. The van der Waals surface area contributed by atoms with E-state index in [0.29, 0.717) is 0 Å². The van der Waals surface area contributed by atoms with Gasteiger partial charge < -0.3 is 4.72 Å². The van der Waals surface area contributed by atoms with Gasteiger partial charge in [0.05, 0.1) is 0 Å². The molecule has 0 fully saturated rings. The second kappa shape index (κ2) is 3.70. The quantitative estimate of drug-likeness (QED) is 0.358. The van der Waals surface area contributed by atoms with Crippen molar-refractivity contribution in [2.75, 3.05) is 0 Å². The van der Waals surface area contributed by atoms with Crippen molar-refractivity contribution < 1.29 is 16.5 Å². The normalized spacial score (nSPS) is 17.8. The third-order valence-electron chi connectivity index (χ3n) is 0.890. The van der Waals surface area contributed by atoms with E-state index in [9.17, 15) is 0 Å². The van der Waals surface area contributed by atoms with Crippen LogP contribution in [-0.4, -0.2) is 0 Å². The van der Waals surface area contributed by atoms with Crippen LogP contribution >= 0.6 is 21.8 Å². The van der Waals surface area contributed by atoms with E-state index in [4.69, 9.17) is 0 Å². The molecule has 0 amide bonds. The van der Waals surface area contributed by atoms with Crippen molar-refractivity contribution >= 4 is 21.8 Å². The summed E-state index contributed by atoms with van der Waals surface area (Å²) in [6, 6.07) is 0. The SMILES string of the molecule is CC1=C(C)SSN1.[Ni]. The van der Waals surface area contributed by atoms with Gasteiger partial charge in [0.2, 0.25) is 0 Å². The Hall–Kier alpha value is 0.734. The van der Waals surface area contributed by atoms with E-state index in [1.165, 1.54) is 10.6 Å². The van der Waals surface area contributed by atoms with Crippen LogP contribution in [0.15, 0.2) is 10.6 Å². The molecule has 1 N–H and O–H groups in total. The zero-order chi connectivity index (χ0) is 5.28. The van der Waals surface area contributed by atoms with E-state index < -0.39 is 0 Å². The number of hydrogen-bond acceptors (Lipinski definition) is 3. The third-order valence-corrected chi connectivity index (χ3v) is 3.17. The standard InChI is InChI=1S/C4H7NS2.Ni/c1-3-4(2)6-7-5-3;/h5H,1-2H3;. The monoisotopic (exact) mass is 191 g/mol. The van der Waals surface area contributed by atoms with Crippen LogP contribution < -0.4 is 4.72 Å². The van der Waals surface area contributed by atoms with Crippen molar-refractivity contribution in [1.82, 2.24) is 4.72 Å². The molecule has 0 aromatic heterocycles. The first-order valence-electron chi connectivity index (χ1n) is 2.07. The maximum atomic E-state index is 3.13. The van der Waals surface area contributed by atoms with Gasteiger partial charge in [0.1, 0.15) is 0 Å². The van der Waals surface area contributed by atoms with Crippen LogP contribution in [0.5, 0.6) is 0 Å². The Morgan fingerprint density at radius 1 is 1.38 bits per heavy atom. The summed E-state index contributed by atoms with van der Waals surface area (Å²) >= 11 is 0. The fraction of sp³-hybridized carbons (Fsp3) is 0.500. The molecular weight excluding hydrogens is 185 g/mol. The predicted molar refractivity (Wildman–Crippen MR) is 36.7 cm³/mol. The molecule has 50 valence electrons. The summed E-state index contributed by atoms with van der Waals surface area (Å²) < 4.78 is 3.13. The van der Waals surface area contributed by atoms with Crippen molar-refractivity contribution in [3.05, 3.63) is 10.6 Å². The first kappa shape index (κ1) is 8.73. The number of hydrogen-bond donors (Lipinski definition) is 1. The Balaban J connectivity index is 0.000000490. The van der Waals surface area contributed by atoms with E-state index in [1.807, 2.05) is 0 Å². The molecule has 4 heteroatoms. The molecule has 0 aromatic rings. The summed E-state index contributed by atoms with van der Waals surface area (Å²) in [6.45, 7) is 4.20. The van der Waals surface area contributed by atoms with Gasteiger partial charge in [-0.3, -0.25) is 0 Å². The van der Waals surface area contributed by atoms with Crippen molar-refractivity contribution in [1.29, 1.82) is 0 Å². The maximum absolute atomic E-state index is 3.13. The van der Waals surface area contributed by atoms with Gasteiger partial charge in [-0.1, -0.05) is 0 Å². The van der Waals surface area contributed by atoms with Gasteiger partial charge in [-0.05, 0) is 24.6 Å². The van der Waals surface area contributed by atoms with Gasteiger partial charge >= 0.3 is 0 Å². The largest absolute Gasteiger partial charge is 0.324 e. The molecule has 1 rings (SSSR count). The van der Waals surface area contributed by atoms with Crippen molar-refractivity contribution in [3.63, 3.8) is 0 Å². The minimum Gasteiger partial charge on any atom is -0.324 e. The average Bonchev–Trinajstić information content (AvgIpc) is 1.91. The average molecular weight is 192 g/mol. The molecule has 0 aromatic carbocycles. The van der Waals surface area contributed by atoms with Crippen LogP contribution in [0.4, 0.5) is 0 Å². The fourth-order valence-corrected chi connectivity index (χ4v) is 2.22. The Bertz CT molecular complexity index is 101. The molecule has 0 unspecified atom stereocenters. The first-order chi connectivity index (χ1) is 3.30. The van der Waals surface area contributed by atoms with E-state index in [1.54, 1.807) is 21.8 Å². The zero-order valence-corrected chi connectivity index (χ0v) is 7.25. The van der Waals surface area contributed by atoms with Crippen LogP contribution in [-0.2, 0) is 16.5 Å². The van der Waals surface area contributed by atoms with Gasteiger partial charge in [0, 0.05) is 38.1 Å². The number of rotatable bonds is 0. The molecular formula is C4H7NNiS2.